The largest absolute Gasteiger partial charge is 0.376 e. The van der Waals surface area contributed by atoms with Gasteiger partial charge < -0.3 is 10.1 Å². The van der Waals surface area contributed by atoms with E-state index in [1.807, 2.05) is 0 Å². The van der Waals surface area contributed by atoms with Crippen LogP contribution in [0.2, 0.25) is 0 Å². The Morgan fingerprint density at radius 3 is 2.94 bits per heavy atom. The Labute approximate surface area is 106 Å². The first-order chi connectivity index (χ1) is 8.33. The van der Waals surface area contributed by atoms with Gasteiger partial charge in [0.15, 0.2) is 0 Å². The average molecular weight is 240 g/mol. The normalized spacial score (nSPS) is 36.0. The summed E-state index contributed by atoms with van der Waals surface area (Å²) in [5.74, 6) is 0. The predicted octanol–water partition coefficient (Wildman–Crippen LogP) is 2.02. The zero-order valence-electron chi connectivity index (χ0n) is 11.5. The fraction of sp³-hybridized carbons (Fsp3) is 1.00. The summed E-state index contributed by atoms with van der Waals surface area (Å²) in [6, 6.07) is 1.55. The van der Waals surface area contributed by atoms with Crippen LogP contribution in [0.5, 0.6) is 0 Å². The summed E-state index contributed by atoms with van der Waals surface area (Å²) >= 11 is 0. The van der Waals surface area contributed by atoms with Crippen molar-refractivity contribution in [2.75, 3.05) is 26.2 Å². The number of nitrogens with one attached hydrogen (secondary N) is 1. The summed E-state index contributed by atoms with van der Waals surface area (Å²) in [4.78, 5) is 2.68. The monoisotopic (exact) mass is 240 g/mol. The van der Waals surface area contributed by atoms with Crippen LogP contribution in [0.3, 0.4) is 0 Å². The van der Waals surface area contributed by atoms with Crippen molar-refractivity contribution in [3.63, 3.8) is 0 Å². The van der Waals surface area contributed by atoms with E-state index in [4.69, 9.17) is 4.74 Å². The van der Waals surface area contributed by atoms with Gasteiger partial charge in [0.2, 0.25) is 0 Å². The number of morpholine rings is 1. The van der Waals surface area contributed by atoms with Crippen LogP contribution in [-0.4, -0.2) is 49.3 Å². The van der Waals surface area contributed by atoms with Crippen molar-refractivity contribution in [3.05, 3.63) is 0 Å². The SMILES string of the molecule is CCNC1CCCC(N2CCOC(CC)C2)C1. The molecule has 17 heavy (non-hydrogen) atoms. The third-order valence-corrected chi connectivity index (χ3v) is 4.28. The van der Waals surface area contributed by atoms with Gasteiger partial charge in [0.25, 0.3) is 0 Å². The highest BCUT2D eigenvalue weighted by atomic mass is 16.5. The van der Waals surface area contributed by atoms with Crippen molar-refractivity contribution in [3.8, 4) is 0 Å². The molecule has 1 aliphatic carbocycles. The first kappa shape index (κ1) is 13.3. The van der Waals surface area contributed by atoms with Crippen LogP contribution in [0.25, 0.3) is 0 Å². The van der Waals surface area contributed by atoms with Crippen molar-refractivity contribution in [2.45, 2.75) is 64.1 Å². The maximum absolute atomic E-state index is 5.77. The lowest BCUT2D eigenvalue weighted by Gasteiger charge is -2.41. The van der Waals surface area contributed by atoms with Crippen LogP contribution >= 0.6 is 0 Å². The zero-order chi connectivity index (χ0) is 12.1. The summed E-state index contributed by atoms with van der Waals surface area (Å²) in [6.07, 6.45) is 7.11. The Morgan fingerprint density at radius 1 is 1.29 bits per heavy atom. The van der Waals surface area contributed by atoms with E-state index < -0.39 is 0 Å². The Bertz CT molecular complexity index is 220. The highest BCUT2D eigenvalue weighted by Gasteiger charge is 2.29. The van der Waals surface area contributed by atoms with E-state index in [0.717, 1.165) is 44.7 Å². The molecule has 0 bridgehead atoms. The van der Waals surface area contributed by atoms with Crippen molar-refractivity contribution in [1.29, 1.82) is 0 Å². The van der Waals surface area contributed by atoms with E-state index in [-0.39, 0.29) is 0 Å². The maximum atomic E-state index is 5.77. The van der Waals surface area contributed by atoms with Crippen LogP contribution in [-0.2, 0) is 4.74 Å². The van der Waals surface area contributed by atoms with E-state index in [1.54, 1.807) is 0 Å². The zero-order valence-corrected chi connectivity index (χ0v) is 11.5. The van der Waals surface area contributed by atoms with Crippen molar-refractivity contribution >= 4 is 0 Å². The number of ether oxygens (including phenoxy) is 1. The molecule has 1 N–H and O–H groups in total. The molecule has 1 saturated carbocycles. The van der Waals surface area contributed by atoms with Crippen LogP contribution in [0, 0.1) is 0 Å². The number of nitrogens with zero attached hydrogens (tertiary/aromatic N) is 1. The third kappa shape index (κ3) is 3.67. The minimum absolute atomic E-state index is 0.475. The minimum atomic E-state index is 0.475. The molecular formula is C14H28N2O. The molecule has 3 nitrogen and oxygen atoms in total. The van der Waals surface area contributed by atoms with Crippen molar-refractivity contribution < 1.29 is 4.74 Å². The lowest BCUT2D eigenvalue weighted by molar-refractivity contribution is -0.0507. The van der Waals surface area contributed by atoms with Crippen LogP contribution in [0.1, 0.15) is 46.0 Å². The van der Waals surface area contributed by atoms with Crippen molar-refractivity contribution in [2.24, 2.45) is 0 Å². The Kier molecular flexibility index (Phi) is 5.26. The smallest absolute Gasteiger partial charge is 0.0700 e. The van der Waals surface area contributed by atoms with Gasteiger partial charge >= 0.3 is 0 Å². The standard InChI is InChI=1S/C14H28N2O/c1-3-14-11-16(8-9-17-14)13-7-5-6-12(10-13)15-4-2/h12-15H,3-11H2,1-2H3. The Hall–Kier alpha value is -0.120. The number of rotatable bonds is 4. The van der Waals surface area contributed by atoms with Gasteiger partial charge in [-0.1, -0.05) is 20.3 Å². The van der Waals surface area contributed by atoms with E-state index in [9.17, 15) is 0 Å². The van der Waals surface area contributed by atoms with Crippen LogP contribution in [0.15, 0.2) is 0 Å². The summed E-state index contributed by atoms with van der Waals surface area (Å²) < 4.78 is 5.77. The molecule has 0 radical (unpaired) electrons. The highest BCUT2D eigenvalue weighted by Crippen LogP contribution is 2.25. The van der Waals surface area contributed by atoms with Crippen molar-refractivity contribution in [1.82, 2.24) is 10.2 Å². The average Bonchev–Trinajstić information content (AvgIpc) is 2.40. The van der Waals surface area contributed by atoms with Gasteiger partial charge in [-0.3, -0.25) is 4.90 Å². The number of hydrogen-bond acceptors (Lipinski definition) is 3. The Morgan fingerprint density at radius 2 is 2.18 bits per heavy atom. The van der Waals surface area contributed by atoms with Gasteiger partial charge in [-0.25, -0.2) is 0 Å². The lowest BCUT2D eigenvalue weighted by atomic mass is 9.89. The molecule has 0 aromatic carbocycles. The molecule has 2 fully saturated rings. The molecule has 1 heterocycles. The third-order valence-electron chi connectivity index (χ3n) is 4.28. The van der Waals surface area contributed by atoms with E-state index in [0.29, 0.717) is 6.10 Å². The molecule has 100 valence electrons. The summed E-state index contributed by atoms with van der Waals surface area (Å²) in [6.45, 7) is 8.78. The van der Waals surface area contributed by atoms with Gasteiger partial charge in [-0.15, -0.1) is 0 Å². The lowest BCUT2D eigenvalue weighted by Crippen LogP contribution is -2.51. The summed E-state index contributed by atoms with van der Waals surface area (Å²) in [5.41, 5.74) is 0. The molecule has 3 heteroatoms. The quantitative estimate of drug-likeness (QED) is 0.813. The predicted molar refractivity (Wildman–Crippen MR) is 71.3 cm³/mol. The highest BCUT2D eigenvalue weighted by molar-refractivity contribution is 4.86. The molecular weight excluding hydrogens is 212 g/mol. The van der Waals surface area contributed by atoms with Gasteiger partial charge in [0.05, 0.1) is 12.7 Å². The molecule has 2 rings (SSSR count). The molecule has 1 saturated heterocycles. The van der Waals surface area contributed by atoms with Gasteiger partial charge in [-0.2, -0.15) is 0 Å². The molecule has 1 aliphatic heterocycles. The second kappa shape index (κ2) is 6.72. The first-order valence-corrected chi connectivity index (χ1v) is 7.42. The molecule has 3 atom stereocenters. The Balaban J connectivity index is 1.83. The molecule has 2 aliphatic rings. The van der Waals surface area contributed by atoms with Crippen LogP contribution < -0.4 is 5.32 Å². The fourth-order valence-electron chi connectivity index (χ4n) is 3.29. The molecule has 0 aromatic heterocycles. The topological polar surface area (TPSA) is 24.5 Å². The summed E-state index contributed by atoms with van der Waals surface area (Å²) in [5, 5.41) is 3.62. The van der Waals surface area contributed by atoms with Gasteiger partial charge in [-0.05, 0) is 32.2 Å². The molecule has 3 unspecified atom stereocenters. The second-order valence-corrected chi connectivity index (χ2v) is 5.47. The second-order valence-electron chi connectivity index (χ2n) is 5.47. The van der Waals surface area contributed by atoms with E-state index in [1.165, 1.54) is 25.7 Å². The first-order valence-electron chi connectivity index (χ1n) is 7.42. The molecule has 0 spiro atoms. The molecule has 0 aromatic rings. The summed E-state index contributed by atoms with van der Waals surface area (Å²) in [7, 11) is 0. The minimum Gasteiger partial charge on any atom is -0.376 e. The van der Waals surface area contributed by atoms with E-state index in [2.05, 4.69) is 24.1 Å². The maximum Gasteiger partial charge on any atom is 0.0700 e. The fourth-order valence-corrected chi connectivity index (χ4v) is 3.29. The van der Waals surface area contributed by atoms with E-state index >= 15 is 0 Å². The van der Waals surface area contributed by atoms with Gasteiger partial charge in [0, 0.05) is 25.2 Å². The number of hydrogen-bond donors (Lipinski definition) is 1. The van der Waals surface area contributed by atoms with Crippen LogP contribution in [0.4, 0.5) is 0 Å². The molecule has 0 amide bonds. The van der Waals surface area contributed by atoms with Gasteiger partial charge in [0.1, 0.15) is 0 Å².